The van der Waals surface area contributed by atoms with Crippen LogP contribution in [0.5, 0.6) is 0 Å². The predicted molar refractivity (Wildman–Crippen MR) is 102 cm³/mol. The Balaban J connectivity index is 1.84. The van der Waals surface area contributed by atoms with Crippen molar-refractivity contribution in [3.63, 3.8) is 0 Å². The van der Waals surface area contributed by atoms with E-state index < -0.39 is 11.0 Å². The number of benzene rings is 2. The minimum absolute atomic E-state index is 0.0447. The molecule has 138 valence electrons. The summed E-state index contributed by atoms with van der Waals surface area (Å²) in [4.78, 5) is 36.8. The number of hydrogen-bond donors (Lipinski definition) is 1. The summed E-state index contributed by atoms with van der Waals surface area (Å²) in [6.07, 6.45) is 3.57. The highest BCUT2D eigenvalue weighted by Crippen LogP contribution is 2.33. The van der Waals surface area contributed by atoms with Crippen molar-refractivity contribution in [1.29, 1.82) is 0 Å². The molecule has 0 fully saturated rings. The minimum atomic E-state index is -0.481. The molecule has 7 heteroatoms. The first-order chi connectivity index (χ1) is 12.9. The molecule has 1 aliphatic rings. The number of nitro groups is 1. The number of anilines is 1. The molecule has 1 atom stereocenters. The van der Waals surface area contributed by atoms with E-state index in [9.17, 15) is 19.7 Å². The van der Waals surface area contributed by atoms with E-state index >= 15 is 0 Å². The molecule has 0 saturated carbocycles. The van der Waals surface area contributed by atoms with Crippen molar-refractivity contribution >= 4 is 29.3 Å². The Kier molecular flexibility index (Phi) is 5.03. The van der Waals surface area contributed by atoms with Crippen LogP contribution in [0.3, 0.4) is 0 Å². The summed E-state index contributed by atoms with van der Waals surface area (Å²) >= 11 is 0. The third-order valence-corrected chi connectivity index (χ3v) is 4.62. The molecule has 0 radical (unpaired) electrons. The van der Waals surface area contributed by atoms with E-state index in [2.05, 4.69) is 5.32 Å². The molecule has 0 spiro atoms. The van der Waals surface area contributed by atoms with Crippen molar-refractivity contribution in [3.8, 4) is 0 Å². The number of carbonyl (C=O) groups is 2. The first-order valence-electron chi connectivity index (χ1n) is 8.48. The van der Waals surface area contributed by atoms with Gasteiger partial charge in [-0.1, -0.05) is 30.3 Å². The number of rotatable bonds is 4. The molecule has 27 heavy (non-hydrogen) atoms. The lowest BCUT2D eigenvalue weighted by atomic mass is 9.93. The van der Waals surface area contributed by atoms with Crippen LogP contribution in [0.25, 0.3) is 6.08 Å². The Labute approximate surface area is 156 Å². The van der Waals surface area contributed by atoms with Crippen LogP contribution >= 0.6 is 0 Å². The summed E-state index contributed by atoms with van der Waals surface area (Å²) < 4.78 is 0. The van der Waals surface area contributed by atoms with Gasteiger partial charge in [0, 0.05) is 19.2 Å². The second-order valence-corrected chi connectivity index (χ2v) is 6.35. The molecule has 0 aliphatic carbocycles. The fourth-order valence-corrected chi connectivity index (χ4v) is 3.25. The maximum Gasteiger partial charge on any atom is 0.274 e. The van der Waals surface area contributed by atoms with Crippen LogP contribution in [-0.4, -0.2) is 21.6 Å². The van der Waals surface area contributed by atoms with Gasteiger partial charge >= 0.3 is 0 Å². The standard InChI is InChI=1S/C20H19N3O4/c1-13-17(8-5-9-18(13)23(26)27)21-20(25)12-19-16-7-4-3-6-15(16)10-11-22(19)14(2)24/h3-11,19H,12H2,1-2H3,(H,21,25)/t19-/m1/s1. The third-order valence-electron chi connectivity index (χ3n) is 4.62. The third kappa shape index (κ3) is 3.72. The second-order valence-electron chi connectivity index (χ2n) is 6.35. The summed E-state index contributed by atoms with van der Waals surface area (Å²) in [6, 6.07) is 11.7. The number of nitro benzene ring substituents is 1. The number of amides is 2. The van der Waals surface area contributed by atoms with Gasteiger partial charge in [0.1, 0.15) is 0 Å². The number of nitrogens with one attached hydrogen (secondary N) is 1. The topological polar surface area (TPSA) is 92.6 Å². The van der Waals surface area contributed by atoms with Gasteiger partial charge in [-0.25, -0.2) is 0 Å². The molecule has 0 unspecified atom stereocenters. The lowest BCUT2D eigenvalue weighted by molar-refractivity contribution is -0.385. The van der Waals surface area contributed by atoms with Crippen molar-refractivity contribution in [2.75, 3.05) is 5.32 Å². The Morgan fingerprint density at radius 1 is 1.19 bits per heavy atom. The van der Waals surface area contributed by atoms with Crippen LogP contribution in [0.2, 0.25) is 0 Å². The molecular weight excluding hydrogens is 346 g/mol. The molecule has 7 nitrogen and oxygen atoms in total. The van der Waals surface area contributed by atoms with Gasteiger partial charge in [0.25, 0.3) is 5.69 Å². The molecule has 0 bridgehead atoms. The average Bonchev–Trinajstić information content (AvgIpc) is 2.63. The Morgan fingerprint density at radius 2 is 1.93 bits per heavy atom. The molecule has 0 saturated heterocycles. The fourth-order valence-electron chi connectivity index (χ4n) is 3.25. The van der Waals surface area contributed by atoms with Crippen molar-refractivity contribution < 1.29 is 14.5 Å². The van der Waals surface area contributed by atoms with Gasteiger partial charge in [0.15, 0.2) is 0 Å². The van der Waals surface area contributed by atoms with Crippen molar-refractivity contribution in [3.05, 3.63) is 75.5 Å². The largest absolute Gasteiger partial charge is 0.326 e. The van der Waals surface area contributed by atoms with Gasteiger partial charge in [-0.05, 0) is 30.2 Å². The second kappa shape index (κ2) is 7.41. The first-order valence-corrected chi connectivity index (χ1v) is 8.48. The lowest BCUT2D eigenvalue weighted by Gasteiger charge is -2.32. The monoisotopic (exact) mass is 365 g/mol. The van der Waals surface area contributed by atoms with E-state index in [4.69, 9.17) is 0 Å². The fraction of sp³-hybridized carbons (Fsp3) is 0.200. The predicted octanol–water partition coefficient (Wildman–Crippen LogP) is 3.81. The van der Waals surface area contributed by atoms with Crippen LogP contribution in [0.4, 0.5) is 11.4 Å². The van der Waals surface area contributed by atoms with Gasteiger partial charge in [-0.15, -0.1) is 0 Å². The molecule has 1 N–H and O–H groups in total. The summed E-state index contributed by atoms with van der Waals surface area (Å²) in [5, 5.41) is 13.8. The molecule has 1 aliphatic heterocycles. The smallest absolute Gasteiger partial charge is 0.274 e. The SMILES string of the molecule is CC(=O)N1C=Cc2ccccc2[C@H]1CC(=O)Nc1cccc([N+](=O)[O-])c1C. The van der Waals surface area contributed by atoms with E-state index in [-0.39, 0.29) is 23.9 Å². The summed E-state index contributed by atoms with van der Waals surface area (Å²) in [6.45, 7) is 3.04. The minimum Gasteiger partial charge on any atom is -0.326 e. The molecule has 3 rings (SSSR count). The molecular formula is C20H19N3O4. The van der Waals surface area contributed by atoms with Crippen molar-refractivity contribution in [2.45, 2.75) is 26.3 Å². The highest BCUT2D eigenvalue weighted by molar-refractivity contribution is 5.93. The number of fused-ring (bicyclic) bond motifs is 1. The van der Waals surface area contributed by atoms with E-state index in [1.54, 1.807) is 19.2 Å². The molecule has 2 amide bonds. The average molecular weight is 365 g/mol. The maximum atomic E-state index is 12.6. The number of carbonyl (C=O) groups excluding carboxylic acids is 2. The van der Waals surface area contributed by atoms with Crippen LogP contribution < -0.4 is 5.32 Å². The van der Waals surface area contributed by atoms with Gasteiger partial charge < -0.3 is 10.2 Å². The van der Waals surface area contributed by atoms with Gasteiger partial charge in [-0.3, -0.25) is 19.7 Å². The zero-order valence-corrected chi connectivity index (χ0v) is 15.0. The van der Waals surface area contributed by atoms with E-state index in [0.29, 0.717) is 11.3 Å². The molecule has 0 aromatic heterocycles. The first kappa shape index (κ1) is 18.3. The quantitative estimate of drug-likeness (QED) is 0.659. The van der Waals surface area contributed by atoms with Gasteiger partial charge in [-0.2, -0.15) is 0 Å². The maximum absolute atomic E-state index is 12.6. The zero-order chi connectivity index (χ0) is 19.6. The van der Waals surface area contributed by atoms with Crippen LogP contribution in [0.15, 0.2) is 48.7 Å². The molecule has 2 aromatic rings. The molecule has 1 heterocycles. The Bertz CT molecular complexity index is 952. The van der Waals surface area contributed by atoms with E-state index in [1.165, 1.54) is 24.0 Å². The van der Waals surface area contributed by atoms with Crippen molar-refractivity contribution in [1.82, 2.24) is 4.90 Å². The normalized spacial score (nSPS) is 15.2. The Morgan fingerprint density at radius 3 is 2.63 bits per heavy atom. The highest BCUT2D eigenvalue weighted by Gasteiger charge is 2.28. The van der Waals surface area contributed by atoms with E-state index in [1.807, 2.05) is 30.3 Å². The molecule has 2 aromatic carbocycles. The van der Waals surface area contributed by atoms with Gasteiger partial charge in [0.2, 0.25) is 11.8 Å². The lowest BCUT2D eigenvalue weighted by Crippen LogP contribution is -2.33. The van der Waals surface area contributed by atoms with Crippen LogP contribution in [0.1, 0.15) is 36.1 Å². The van der Waals surface area contributed by atoms with Gasteiger partial charge in [0.05, 0.1) is 28.6 Å². The Hall–Kier alpha value is -3.48. The summed E-state index contributed by atoms with van der Waals surface area (Å²) in [5.41, 5.74) is 2.58. The number of hydrogen-bond acceptors (Lipinski definition) is 4. The van der Waals surface area contributed by atoms with Crippen molar-refractivity contribution in [2.24, 2.45) is 0 Å². The summed E-state index contributed by atoms with van der Waals surface area (Å²) in [7, 11) is 0. The summed E-state index contributed by atoms with van der Waals surface area (Å²) in [5.74, 6) is -0.481. The zero-order valence-electron chi connectivity index (χ0n) is 15.0. The van der Waals surface area contributed by atoms with Crippen LogP contribution in [0, 0.1) is 17.0 Å². The van der Waals surface area contributed by atoms with Crippen LogP contribution in [-0.2, 0) is 9.59 Å². The van der Waals surface area contributed by atoms with E-state index in [0.717, 1.165) is 11.1 Å². The highest BCUT2D eigenvalue weighted by atomic mass is 16.6. The number of nitrogens with zero attached hydrogens (tertiary/aromatic N) is 2.